The summed E-state index contributed by atoms with van der Waals surface area (Å²) in [6.07, 6.45) is -38.5. The number of hydrogen-bond acceptors (Lipinski definition) is 25. The molecule has 5 rings (SSSR count). The monoisotopic (exact) mass is 935 g/mol. The Kier molecular flexibility index (Phi) is 18.5. The zero-order chi connectivity index (χ0) is 47.5. The molecule has 64 heavy (non-hydrogen) atoms. The number of aliphatic hydroxyl groups excluding tert-OH is 13. The van der Waals surface area contributed by atoms with Crippen molar-refractivity contribution in [1.82, 2.24) is 16.0 Å². The molecule has 5 aliphatic rings. The molecule has 370 valence electrons. The number of carbonyl (C=O) groups excluding carboxylic acids is 3. The minimum Gasteiger partial charge on any atom is -0.394 e. The second-order valence-corrected chi connectivity index (χ2v) is 16.2. The van der Waals surface area contributed by atoms with E-state index < -0.39 is 197 Å². The Morgan fingerprint density at radius 2 is 0.891 bits per heavy atom. The van der Waals surface area contributed by atoms with Crippen LogP contribution in [-0.2, 0) is 57.0 Å². The summed E-state index contributed by atoms with van der Waals surface area (Å²) < 4.78 is 52.6. The first-order valence-electron chi connectivity index (χ1n) is 20.4. The number of ether oxygens (including phenoxy) is 9. The molecule has 5 fully saturated rings. The van der Waals surface area contributed by atoms with Crippen LogP contribution in [0.5, 0.6) is 0 Å². The fraction of sp³-hybridized carbons (Fsp3) is 0.917. The fourth-order valence-electron chi connectivity index (χ4n) is 8.08. The number of amides is 3. The molecule has 1 unspecified atom stereocenters. The van der Waals surface area contributed by atoms with E-state index in [0.717, 1.165) is 20.8 Å². The van der Waals surface area contributed by atoms with Crippen LogP contribution in [0.4, 0.5) is 0 Å². The van der Waals surface area contributed by atoms with Gasteiger partial charge in [0.05, 0.1) is 32.5 Å². The SMILES string of the molecule is CC(=O)N[C@H]1[C@H](O[C@@H]2[C@@H](NC(C)=O)[C@H](OC[C@H]3OC(O)[C@H](NC(C)=O)[C@@H](O[C@@H]4O[C@H](CO)[C@H](O)[C@H](O)[C@H]4O)[C@H]3O)O[C@H](CO)[C@H]2O[C@@H]2O[C@@H](C)[C@@H](O)[C@@H](O)[C@@H]2O)O[C@H](CO)[C@@H](O)[C@@H]1O. The van der Waals surface area contributed by atoms with E-state index in [1.807, 2.05) is 0 Å². The van der Waals surface area contributed by atoms with E-state index in [2.05, 4.69) is 16.0 Å². The van der Waals surface area contributed by atoms with E-state index >= 15 is 0 Å². The Labute approximate surface area is 364 Å². The molecule has 0 aromatic heterocycles. The third-order valence-electron chi connectivity index (χ3n) is 11.5. The summed E-state index contributed by atoms with van der Waals surface area (Å²) in [5.74, 6) is -2.28. The second-order valence-electron chi connectivity index (χ2n) is 16.2. The normalized spacial score (nSPS) is 47.7. The van der Waals surface area contributed by atoms with Gasteiger partial charge in [-0.05, 0) is 6.92 Å². The van der Waals surface area contributed by atoms with Crippen LogP contribution < -0.4 is 16.0 Å². The zero-order valence-corrected chi connectivity index (χ0v) is 35.0. The first-order chi connectivity index (χ1) is 30.1. The summed E-state index contributed by atoms with van der Waals surface area (Å²) in [4.78, 5) is 37.3. The Bertz CT molecular complexity index is 1540. The van der Waals surface area contributed by atoms with Gasteiger partial charge in [0.15, 0.2) is 31.5 Å². The van der Waals surface area contributed by atoms with Crippen molar-refractivity contribution in [3.63, 3.8) is 0 Å². The molecule has 3 amide bonds. The smallest absolute Gasteiger partial charge is 0.217 e. The van der Waals surface area contributed by atoms with Crippen LogP contribution in [0.2, 0.25) is 0 Å². The van der Waals surface area contributed by atoms with E-state index in [0.29, 0.717) is 0 Å². The van der Waals surface area contributed by atoms with Crippen molar-refractivity contribution >= 4 is 17.7 Å². The number of aliphatic hydroxyl groups is 13. The molecule has 5 saturated heterocycles. The van der Waals surface area contributed by atoms with Crippen LogP contribution in [0.1, 0.15) is 27.7 Å². The summed E-state index contributed by atoms with van der Waals surface area (Å²) in [6, 6.07) is -4.83. The largest absolute Gasteiger partial charge is 0.394 e. The van der Waals surface area contributed by atoms with E-state index in [1.54, 1.807) is 0 Å². The summed E-state index contributed by atoms with van der Waals surface area (Å²) >= 11 is 0. The fourth-order valence-corrected chi connectivity index (χ4v) is 8.08. The lowest BCUT2D eigenvalue weighted by Gasteiger charge is -2.51. The van der Waals surface area contributed by atoms with Crippen LogP contribution in [0, 0.1) is 0 Å². The molecule has 28 nitrogen and oxygen atoms in total. The lowest BCUT2D eigenvalue weighted by atomic mass is 9.93. The maximum absolute atomic E-state index is 12.9. The average molecular weight is 936 g/mol. The molecule has 5 heterocycles. The van der Waals surface area contributed by atoms with Crippen molar-refractivity contribution in [3.8, 4) is 0 Å². The lowest BCUT2D eigenvalue weighted by molar-refractivity contribution is -0.370. The van der Waals surface area contributed by atoms with Crippen molar-refractivity contribution in [3.05, 3.63) is 0 Å². The molecule has 0 bridgehead atoms. The molecule has 16 N–H and O–H groups in total. The van der Waals surface area contributed by atoms with Crippen LogP contribution in [0.25, 0.3) is 0 Å². The molecule has 0 aromatic rings. The van der Waals surface area contributed by atoms with Gasteiger partial charge in [0.25, 0.3) is 0 Å². The Balaban J connectivity index is 1.48. The molecule has 0 aliphatic carbocycles. The molecule has 0 spiro atoms. The Morgan fingerprint density at radius 3 is 1.45 bits per heavy atom. The number of carbonyl (C=O) groups is 3. The predicted octanol–water partition coefficient (Wildman–Crippen LogP) is -10.5. The zero-order valence-electron chi connectivity index (χ0n) is 35.0. The molecule has 0 aromatic carbocycles. The molecule has 0 saturated carbocycles. The number of nitrogens with one attached hydrogen (secondary N) is 3. The van der Waals surface area contributed by atoms with Crippen molar-refractivity contribution in [2.45, 2.75) is 181 Å². The summed E-state index contributed by atoms with van der Waals surface area (Å²) in [6.45, 7) is 1.04. The van der Waals surface area contributed by atoms with Gasteiger partial charge in [-0.15, -0.1) is 0 Å². The molecule has 5 aliphatic heterocycles. The lowest BCUT2D eigenvalue weighted by Crippen LogP contribution is -2.71. The van der Waals surface area contributed by atoms with Crippen LogP contribution in [0.15, 0.2) is 0 Å². The highest BCUT2D eigenvalue weighted by atomic mass is 16.8. The summed E-state index contributed by atoms with van der Waals surface area (Å²) in [5.41, 5.74) is 0. The van der Waals surface area contributed by atoms with E-state index in [9.17, 15) is 80.8 Å². The molecule has 25 atom stereocenters. The van der Waals surface area contributed by atoms with Crippen molar-refractivity contribution in [2.75, 3.05) is 26.4 Å². The van der Waals surface area contributed by atoms with Crippen LogP contribution >= 0.6 is 0 Å². The van der Waals surface area contributed by atoms with Gasteiger partial charge in [-0.3, -0.25) is 14.4 Å². The van der Waals surface area contributed by atoms with Gasteiger partial charge >= 0.3 is 0 Å². The van der Waals surface area contributed by atoms with Gasteiger partial charge in [-0.2, -0.15) is 0 Å². The first kappa shape index (κ1) is 52.5. The molecular weight excluding hydrogens is 874 g/mol. The topological polar surface area (TPSA) is 433 Å². The third-order valence-corrected chi connectivity index (χ3v) is 11.5. The van der Waals surface area contributed by atoms with Crippen molar-refractivity contribution in [2.24, 2.45) is 0 Å². The quantitative estimate of drug-likeness (QED) is 0.0725. The van der Waals surface area contributed by atoms with E-state index in [4.69, 9.17) is 42.6 Å². The van der Waals surface area contributed by atoms with Gasteiger partial charge in [0, 0.05) is 20.8 Å². The standard InChI is InChI=1S/C36H61N3O25/c1-9-20(46)25(51)27(53)35(57-9)62-29-15(7-42)61-33(19(39-12(4)45)31(29)64-34-17(37-10(2)43)24(50)21(47)13(5-40)59-34)56-8-16-23(49)30(18(32(55)58-16)38-11(3)44)63-36-28(54)26(52)22(48)14(6-41)60-36/h9,13-36,40-42,46-55H,5-8H2,1-4H3,(H,37,43)(H,38,44)(H,39,45)/t9-,13+,14+,15+,16+,17+,18+,19+,20+,21+,22-,23-,24+,25+,26-,27-,28+,29+,30+,31+,32?,33+,34-,35-,36-/m0/s1. The minimum atomic E-state index is -2.00. The van der Waals surface area contributed by atoms with Gasteiger partial charge in [0.2, 0.25) is 17.7 Å². The average Bonchev–Trinajstić information content (AvgIpc) is 3.24. The van der Waals surface area contributed by atoms with Crippen molar-refractivity contribution < 1.29 is 123 Å². The predicted molar refractivity (Wildman–Crippen MR) is 200 cm³/mol. The molecular formula is C36H61N3O25. The highest BCUT2D eigenvalue weighted by Crippen LogP contribution is 2.35. The highest BCUT2D eigenvalue weighted by Gasteiger charge is 2.56. The van der Waals surface area contributed by atoms with Gasteiger partial charge in [-0.1, -0.05) is 0 Å². The van der Waals surface area contributed by atoms with Crippen LogP contribution in [-0.4, -0.2) is 264 Å². The van der Waals surface area contributed by atoms with Gasteiger partial charge in [-0.25, -0.2) is 0 Å². The van der Waals surface area contributed by atoms with Gasteiger partial charge in [0.1, 0.15) is 116 Å². The number of hydrogen-bond donors (Lipinski definition) is 16. The molecule has 28 heteroatoms. The summed E-state index contributed by atoms with van der Waals surface area (Å²) in [5, 5.41) is 145. The number of rotatable bonds is 15. The highest BCUT2D eigenvalue weighted by molar-refractivity contribution is 5.74. The van der Waals surface area contributed by atoms with E-state index in [-0.39, 0.29) is 0 Å². The van der Waals surface area contributed by atoms with E-state index in [1.165, 1.54) is 6.92 Å². The maximum Gasteiger partial charge on any atom is 0.217 e. The summed E-state index contributed by atoms with van der Waals surface area (Å²) in [7, 11) is 0. The Hall–Kier alpha value is -2.47. The first-order valence-corrected chi connectivity index (χ1v) is 20.4. The molecule has 0 radical (unpaired) electrons. The third kappa shape index (κ3) is 11.6. The second kappa shape index (κ2) is 22.6. The van der Waals surface area contributed by atoms with Gasteiger partial charge < -0.3 is 125 Å². The van der Waals surface area contributed by atoms with Crippen LogP contribution in [0.3, 0.4) is 0 Å². The maximum atomic E-state index is 12.9. The van der Waals surface area contributed by atoms with Crippen molar-refractivity contribution in [1.29, 1.82) is 0 Å². The Morgan fingerprint density at radius 1 is 0.438 bits per heavy atom. The minimum absolute atomic E-state index is 0.744.